The third-order valence-corrected chi connectivity index (χ3v) is 5.37. The zero-order chi connectivity index (χ0) is 15.1. The fourth-order valence-corrected chi connectivity index (χ4v) is 3.94. The highest BCUT2D eigenvalue weighted by Gasteiger charge is 2.14. The van der Waals surface area contributed by atoms with Crippen molar-refractivity contribution in [1.29, 1.82) is 0 Å². The van der Waals surface area contributed by atoms with Crippen molar-refractivity contribution >= 4 is 17.6 Å². The van der Waals surface area contributed by atoms with E-state index in [2.05, 4.69) is 17.1 Å². The molecule has 1 aliphatic rings. The number of nitrogens with two attached hydrogens (primary N) is 1. The quantitative estimate of drug-likeness (QED) is 0.478. The van der Waals surface area contributed by atoms with Crippen LogP contribution in [0.5, 0.6) is 0 Å². The third-order valence-electron chi connectivity index (χ3n) is 4.14. The molecule has 1 aromatic rings. The van der Waals surface area contributed by atoms with E-state index in [1.165, 1.54) is 42.8 Å². The number of aliphatic hydroxyl groups excluding tert-OH is 1. The molecule has 21 heavy (non-hydrogen) atoms. The van der Waals surface area contributed by atoms with Gasteiger partial charge in [0.1, 0.15) is 0 Å². The average Bonchev–Trinajstić information content (AvgIpc) is 2.54. The molecular formula is C17H26N2OS. The summed E-state index contributed by atoms with van der Waals surface area (Å²) in [5.41, 5.74) is 6.62. The molecule has 0 bridgehead atoms. The Kier molecular flexibility index (Phi) is 6.58. The van der Waals surface area contributed by atoms with E-state index in [1.54, 1.807) is 7.05 Å². The van der Waals surface area contributed by atoms with Crippen LogP contribution in [0, 0.1) is 5.92 Å². The minimum Gasteiger partial charge on any atom is -0.388 e. The summed E-state index contributed by atoms with van der Waals surface area (Å²) in [7, 11) is 1.65. The van der Waals surface area contributed by atoms with Crippen LogP contribution in [-0.2, 0) is 0 Å². The van der Waals surface area contributed by atoms with E-state index in [-0.39, 0.29) is 0 Å². The minimum absolute atomic E-state index is 0.396. The molecule has 2 rings (SSSR count). The largest absolute Gasteiger partial charge is 0.388 e. The predicted molar refractivity (Wildman–Crippen MR) is 90.9 cm³/mol. The fourth-order valence-electron chi connectivity index (χ4n) is 2.79. The molecular weight excluding hydrogens is 280 g/mol. The third kappa shape index (κ3) is 5.36. The number of nitrogens with zero attached hydrogens (tertiary/aromatic N) is 1. The van der Waals surface area contributed by atoms with E-state index in [4.69, 9.17) is 5.73 Å². The second-order valence-corrected chi connectivity index (χ2v) is 6.92. The highest BCUT2D eigenvalue weighted by atomic mass is 32.2. The average molecular weight is 306 g/mol. The van der Waals surface area contributed by atoms with Crippen LogP contribution in [0.4, 0.5) is 0 Å². The molecule has 0 heterocycles. The normalized spacial score (nSPS) is 18.7. The number of hydrogen-bond donors (Lipinski definition) is 2. The molecule has 1 fully saturated rings. The molecule has 0 amide bonds. The molecule has 1 saturated carbocycles. The zero-order valence-corrected chi connectivity index (χ0v) is 13.6. The van der Waals surface area contributed by atoms with Gasteiger partial charge in [-0.15, -0.1) is 11.8 Å². The van der Waals surface area contributed by atoms with Gasteiger partial charge in [0, 0.05) is 24.1 Å². The molecule has 1 atom stereocenters. The molecule has 3 nitrogen and oxygen atoms in total. The molecule has 4 heteroatoms. The monoisotopic (exact) mass is 306 g/mol. The van der Waals surface area contributed by atoms with Gasteiger partial charge in [-0.25, -0.2) is 0 Å². The van der Waals surface area contributed by atoms with Crippen molar-refractivity contribution in [3.8, 4) is 0 Å². The number of aliphatic hydroxyl groups is 1. The van der Waals surface area contributed by atoms with E-state index < -0.39 is 6.10 Å². The van der Waals surface area contributed by atoms with E-state index in [0.717, 1.165) is 11.5 Å². The summed E-state index contributed by atoms with van der Waals surface area (Å²) in [6.07, 6.45) is 6.76. The summed E-state index contributed by atoms with van der Waals surface area (Å²) in [5, 5.41) is 10.2. The molecule has 1 aromatic carbocycles. The lowest BCUT2D eigenvalue weighted by atomic mass is 9.91. The molecule has 1 aliphatic carbocycles. The van der Waals surface area contributed by atoms with Gasteiger partial charge in [-0.3, -0.25) is 4.99 Å². The Balaban J connectivity index is 1.90. The second kappa shape index (κ2) is 8.44. The van der Waals surface area contributed by atoms with Crippen molar-refractivity contribution in [3.05, 3.63) is 29.8 Å². The van der Waals surface area contributed by atoms with Crippen LogP contribution in [0.1, 0.15) is 50.2 Å². The standard InChI is InChI=1S/C17H26N2OS/c1-19-17(18)11-16(20)14-8-5-9-15(10-14)21-12-13-6-3-2-4-7-13/h5,8-10,13,16,20H,2-4,6-7,11-12H2,1H3,(H2,18,19). The number of rotatable bonds is 6. The summed E-state index contributed by atoms with van der Waals surface area (Å²) >= 11 is 1.91. The molecule has 3 N–H and O–H groups in total. The van der Waals surface area contributed by atoms with Crippen LogP contribution < -0.4 is 5.73 Å². The Hall–Kier alpha value is -1.00. The zero-order valence-electron chi connectivity index (χ0n) is 12.8. The van der Waals surface area contributed by atoms with Gasteiger partial charge in [0.05, 0.1) is 11.9 Å². The van der Waals surface area contributed by atoms with Gasteiger partial charge in [-0.1, -0.05) is 31.4 Å². The van der Waals surface area contributed by atoms with Gasteiger partial charge in [0.2, 0.25) is 0 Å². The van der Waals surface area contributed by atoms with Gasteiger partial charge < -0.3 is 10.8 Å². The topological polar surface area (TPSA) is 58.6 Å². The number of aliphatic imine (C=N–C) groups is 1. The van der Waals surface area contributed by atoms with Crippen molar-refractivity contribution in [1.82, 2.24) is 0 Å². The molecule has 0 aliphatic heterocycles. The van der Waals surface area contributed by atoms with Crippen molar-refractivity contribution in [2.75, 3.05) is 12.8 Å². The molecule has 116 valence electrons. The van der Waals surface area contributed by atoms with Crippen LogP contribution in [0.2, 0.25) is 0 Å². The Bertz CT molecular complexity index is 470. The Morgan fingerprint density at radius 1 is 1.38 bits per heavy atom. The van der Waals surface area contributed by atoms with Crippen molar-refractivity contribution in [2.24, 2.45) is 16.6 Å². The lowest BCUT2D eigenvalue weighted by Gasteiger charge is -2.21. The number of thioether (sulfide) groups is 1. The molecule has 0 aromatic heterocycles. The van der Waals surface area contributed by atoms with E-state index in [1.807, 2.05) is 23.9 Å². The number of hydrogen-bond acceptors (Lipinski definition) is 3. The summed E-state index contributed by atoms with van der Waals surface area (Å²) in [4.78, 5) is 5.14. The molecule has 0 spiro atoms. The first-order valence-corrected chi connectivity index (χ1v) is 8.79. The second-order valence-electron chi connectivity index (χ2n) is 5.82. The summed E-state index contributed by atoms with van der Waals surface area (Å²) < 4.78 is 0. The first-order chi connectivity index (χ1) is 10.2. The van der Waals surface area contributed by atoms with Gasteiger partial charge >= 0.3 is 0 Å². The van der Waals surface area contributed by atoms with Crippen LogP contribution in [-0.4, -0.2) is 23.7 Å². The van der Waals surface area contributed by atoms with Gasteiger partial charge in [0.25, 0.3) is 0 Å². The summed E-state index contributed by atoms with van der Waals surface area (Å²) in [6, 6.07) is 8.18. The maximum absolute atomic E-state index is 10.2. The van der Waals surface area contributed by atoms with Crippen molar-refractivity contribution in [3.63, 3.8) is 0 Å². The SMILES string of the molecule is CN=C(N)CC(O)c1cccc(SCC2CCCCC2)c1. The van der Waals surface area contributed by atoms with E-state index in [0.29, 0.717) is 12.3 Å². The Morgan fingerprint density at radius 2 is 2.14 bits per heavy atom. The van der Waals surface area contributed by atoms with Gasteiger partial charge in [-0.05, 0) is 36.5 Å². The van der Waals surface area contributed by atoms with Crippen molar-refractivity contribution in [2.45, 2.75) is 49.5 Å². The smallest absolute Gasteiger partial charge is 0.0963 e. The first kappa shape index (κ1) is 16.4. The Labute approximate surface area is 132 Å². The highest BCUT2D eigenvalue weighted by Crippen LogP contribution is 2.31. The van der Waals surface area contributed by atoms with Gasteiger partial charge in [0.15, 0.2) is 0 Å². The van der Waals surface area contributed by atoms with E-state index >= 15 is 0 Å². The van der Waals surface area contributed by atoms with Crippen LogP contribution >= 0.6 is 11.8 Å². The molecule has 1 unspecified atom stereocenters. The van der Waals surface area contributed by atoms with Crippen molar-refractivity contribution < 1.29 is 5.11 Å². The van der Waals surface area contributed by atoms with E-state index in [9.17, 15) is 5.11 Å². The number of amidine groups is 1. The fraction of sp³-hybridized carbons (Fsp3) is 0.588. The summed E-state index contributed by atoms with van der Waals surface area (Å²) in [6.45, 7) is 0. The lowest BCUT2D eigenvalue weighted by molar-refractivity contribution is 0.186. The maximum Gasteiger partial charge on any atom is 0.0963 e. The summed E-state index contributed by atoms with van der Waals surface area (Å²) in [5.74, 6) is 2.54. The molecule has 0 saturated heterocycles. The van der Waals surface area contributed by atoms with Crippen LogP contribution in [0.25, 0.3) is 0 Å². The predicted octanol–water partition coefficient (Wildman–Crippen LogP) is 3.77. The first-order valence-electron chi connectivity index (χ1n) is 7.81. The highest BCUT2D eigenvalue weighted by molar-refractivity contribution is 7.99. The van der Waals surface area contributed by atoms with Crippen LogP contribution in [0.3, 0.4) is 0 Å². The maximum atomic E-state index is 10.2. The lowest BCUT2D eigenvalue weighted by Crippen LogP contribution is -2.15. The molecule has 0 radical (unpaired) electrons. The Morgan fingerprint density at radius 3 is 2.86 bits per heavy atom. The van der Waals surface area contributed by atoms with Gasteiger partial charge in [-0.2, -0.15) is 0 Å². The minimum atomic E-state index is -0.566. The van der Waals surface area contributed by atoms with Crippen LogP contribution in [0.15, 0.2) is 34.2 Å². The number of benzene rings is 1.